The van der Waals surface area contributed by atoms with Crippen LogP contribution in [0.3, 0.4) is 0 Å². The number of benzene rings is 2. The summed E-state index contributed by atoms with van der Waals surface area (Å²) < 4.78 is 3.72. The van der Waals surface area contributed by atoms with E-state index in [0.29, 0.717) is 6.54 Å². The number of nitrogens with zero attached hydrogens (tertiary/aromatic N) is 5. The molecule has 0 fully saturated rings. The molecule has 0 bridgehead atoms. The van der Waals surface area contributed by atoms with Gasteiger partial charge in [-0.2, -0.15) is 10.2 Å². The second-order valence-corrected chi connectivity index (χ2v) is 8.88. The van der Waals surface area contributed by atoms with Crippen molar-refractivity contribution in [2.24, 2.45) is 7.05 Å². The SMILES string of the molecule is Cc1nn(C)c2sc(C(=O)N(C)Cc3cn(-c4ccccc4)nc3-c3ccccc3)cc12. The number of carbonyl (C=O) groups is 1. The summed E-state index contributed by atoms with van der Waals surface area (Å²) in [5.41, 5.74) is 4.83. The Kier molecular flexibility index (Phi) is 5.11. The Morgan fingerprint density at radius 3 is 2.41 bits per heavy atom. The Balaban J connectivity index is 1.48. The molecule has 5 aromatic rings. The molecule has 1 amide bonds. The first-order chi connectivity index (χ1) is 15.5. The molecule has 5 rings (SSSR count). The molecule has 0 saturated heterocycles. The second-order valence-electron chi connectivity index (χ2n) is 7.85. The molecule has 160 valence electrons. The Morgan fingerprint density at radius 1 is 1.03 bits per heavy atom. The van der Waals surface area contributed by atoms with E-state index in [9.17, 15) is 4.79 Å². The minimum Gasteiger partial charge on any atom is -0.337 e. The highest BCUT2D eigenvalue weighted by Gasteiger charge is 2.21. The summed E-state index contributed by atoms with van der Waals surface area (Å²) in [6.45, 7) is 2.43. The number of rotatable bonds is 5. The topological polar surface area (TPSA) is 56.0 Å². The van der Waals surface area contributed by atoms with Crippen LogP contribution in [0.15, 0.2) is 72.9 Å². The number of fused-ring (bicyclic) bond motifs is 1. The van der Waals surface area contributed by atoms with Crippen molar-refractivity contribution in [1.29, 1.82) is 0 Å². The van der Waals surface area contributed by atoms with Crippen LogP contribution >= 0.6 is 11.3 Å². The second kappa shape index (κ2) is 8.09. The third kappa shape index (κ3) is 3.61. The highest BCUT2D eigenvalue weighted by Crippen LogP contribution is 2.30. The zero-order valence-corrected chi connectivity index (χ0v) is 19.0. The van der Waals surface area contributed by atoms with Crippen molar-refractivity contribution in [3.8, 4) is 16.9 Å². The zero-order valence-electron chi connectivity index (χ0n) is 18.2. The van der Waals surface area contributed by atoms with Crippen LogP contribution in [0.1, 0.15) is 20.9 Å². The average molecular weight is 442 g/mol. The lowest BCUT2D eigenvalue weighted by Crippen LogP contribution is -2.25. The van der Waals surface area contributed by atoms with E-state index in [0.717, 1.165) is 43.3 Å². The molecule has 7 heteroatoms. The number of aryl methyl sites for hydroxylation is 2. The third-order valence-electron chi connectivity index (χ3n) is 5.52. The number of hydrogen-bond donors (Lipinski definition) is 0. The Labute approximate surface area is 190 Å². The van der Waals surface area contributed by atoms with Crippen molar-refractivity contribution < 1.29 is 4.79 Å². The number of hydrogen-bond acceptors (Lipinski definition) is 4. The molecule has 3 aromatic heterocycles. The van der Waals surface area contributed by atoms with Gasteiger partial charge in [0.2, 0.25) is 0 Å². The van der Waals surface area contributed by atoms with Gasteiger partial charge in [-0.3, -0.25) is 9.48 Å². The van der Waals surface area contributed by atoms with E-state index < -0.39 is 0 Å². The molecule has 2 aromatic carbocycles. The summed E-state index contributed by atoms with van der Waals surface area (Å²) in [5, 5.41) is 10.3. The van der Waals surface area contributed by atoms with Gasteiger partial charge in [0.1, 0.15) is 4.83 Å². The van der Waals surface area contributed by atoms with Gasteiger partial charge in [-0.05, 0) is 25.1 Å². The highest BCUT2D eigenvalue weighted by molar-refractivity contribution is 7.20. The molecule has 0 N–H and O–H groups in total. The van der Waals surface area contributed by atoms with E-state index in [2.05, 4.69) is 5.10 Å². The summed E-state index contributed by atoms with van der Waals surface area (Å²) in [6.07, 6.45) is 2.01. The Bertz CT molecular complexity index is 1360. The fourth-order valence-corrected chi connectivity index (χ4v) is 5.02. The molecule has 0 spiro atoms. The zero-order chi connectivity index (χ0) is 22.2. The minimum absolute atomic E-state index is 0.00271. The van der Waals surface area contributed by atoms with E-state index >= 15 is 0 Å². The van der Waals surface area contributed by atoms with Gasteiger partial charge in [0.15, 0.2) is 0 Å². The summed E-state index contributed by atoms with van der Waals surface area (Å²) in [7, 11) is 3.75. The normalized spacial score (nSPS) is 11.2. The molecule has 0 unspecified atom stereocenters. The Morgan fingerprint density at radius 2 is 1.72 bits per heavy atom. The smallest absolute Gasteiger partial charge is 0.264 e. The van der Waals surface area contributed by atoms with Crippen molar-refractivity contribution in [1.82, 2.24) is 24.5 Å². The molecule has 0 atom stereocenters. The number of amides is 1. The van der Waals surface area contributed by atoms with Crippen LogP contribution in [0, 0.1) is 6.92 Å². The lowest BCUT2D eigenvalue weighted by Gasteiger charge is -2.16. The monoisotopic (exact) mass is 441 g/mol. The molecular formula is C25H23N5OS. The van der Waals surface area contributed by atoms with E-state index in [1.165, 1.54) is 11.3 Å². The summed E-state index contributed by atoms with van der Waals surface area (Å²) in [4.78, 5) is 16.7. The van der Waals surface area contributed by atoms with Crippen LogP contribution in [0.25, 0.3) is 27.2 Å². The van der Waals surface area contributed by atoms with Crippen LogP contribution in [0.5, 0.6) is 0 Å². The average Bonchev–Trinajstić information content (AvgIpc) is 3.50. The molecule has 32 heavy (non-hydrogen) atoms. The number of para-hydroxylation sites is 1. The molecular weight excluding hydrogens is 418 g/mol. The largest absolute Gasteiger partial charge is 0.337 e. The van der Waals surface area contributed by atoms with Crippen LogP contribution in [0.4, 0.5) is 0 Å². The van der Waals surface area contributed by atoms with Crippen LogP contribution < -0.4 is 0 Å². The van der Waals surface area contributed by atoms with Gasteiger partial charge in [-0.15, -0.1) is 11.3 Å². The predicted octanol–water partition coefficient (Wildman–Crippen LogP) is 5.07. The molecule has 6 nitrogen and oxygen atoms in total. The molecule has 3 heterocycles. The molecule has 0 saturated carbocycles. The van der Waals surface area contributed by atoms with Gasteiger partial charge < -0.3 is 4.90 Å². The molecule has 0 radical (unpaired) electrons. The first kappa shape index (κ1) is 20.2. The lowest BCUT2D eigenvalue weighted by molar-refractivity contribution is 0.0790. The van der Waals surface area contributed by atoms with Crippen molar-refractivity contribution >= 4 is 27.5 Å². The minimum atomic E-state index is -0.00271. The fraction of sp³-hybridized carbons (Fsp3) is 0.160. The number of carbonyl (C=O) groups excluding carboxylic acids is 1. The van der Waals surface area contributed by atoms with E-state index in [1.54, 1.807) is 4.90 Å². The van der Waals surface area contributed by atoms with E-state index in [-0.39, 0.29) is 5.91 Å². The predicted molar refractivity (Wildman–Crippen MR) is 128 cm³/mol. The standard InChI is InChI=1S/C25H23N5OS/c1-17-21-14-22(32-25(21)29(3)26-17)24(31)28(2)15-19-16-30(20-12-8-5-9-13-20)27-23(19)18-10-6-4-7-11-18/h4-14,16H,15H2,1-3H3. The van der Waals surface area contributed by atoms with E-state index in [4.69, 9.17) is 5.10 Å². The van der Waals surface area contributed by atoms with Crippen molar-refractivity contribution in [3.63, 3.8) is 0 Å². The van der Waals surface area contributed by atoms with Gasteiger partial charge in [0.25, 0.3) is 5.91 Å². The van der Waals surface area contributed by atoms with E-state index in [1.807, 2.05) is 103 Å². The summed E-state index contributed by atoms with van der Waals surface area (Å²) >= 11 is 1.48. The van der Waals surface area contributed by atoms with Crippen LogP contribution in [-0.4, -0.2) is 37.4 Å². The van der Waals surface area contributed by atoms with Gasteiger partial charge >= 0.3 is 0 Å². The van der Waals surface area contributed by atoms with Gasteiger partial charge in [0, 0.05) is 43.4 Å². The van der Waals surface area contributed by atoms with Gasteiger partial charge in [-0.25, -0.2) is 4.68 Å². The maximum Gasteiger partial charge on any atom is 0.264 e. The highest BCUT2D eigenvalue weighted by atomic mass is 32.1. The first-order valence-corrected chi connectivity index (χ1v) is 11.2. The summed E-state index contributed by atoms with van der Waals surface area (Å²) in [5.74, 6) is -0.00271. The Hall–Kier alpha value is -3.71. The molecule has 0 aliphatic heterocycles. The van der Waals surface area contributed by atoms with Gasteiger partial charge in [0.05, 0.1) is 22.0 Å². The third-order valence-corrected chi connectivity index (χ3v) is 6.71. The number of thiophene rings is 1. The molecule has 0 aliphatic carbocycles. The maximum atomic E-state index is 13.2. The number of aromatic nitrogens is 4. The molecule has 0 aliphatic rings. The first-order valence-electron chi connectivity index (χ1n) is 10.4. The fourth-order valence-electron chi connectivity index (χ4n) is 3.90. The maximum absolute atomic E-state index is 13.2. The lowest BCUT2D eigenvalue weighted by atomic mass is 10.1. The quantitative estimate of drug-likeness (QED) is 0.383. The van der Waals surface area contributed by atoms with Crippen molar-refractivity contribution in [2.75, 3.05) is 7.05 Å². The van der Waals surface area contributed by atoms with Crippen LogP contribution in [-0.2, 0) is 13.6 Å². The van der Waals surface area contributed by atoms with Crippen molar-refractivity contribution in [2.45, 2.75) is 13.5 Å². The van der Waals surface area contributed by atoms with Crippen molar-refractivity contribution in [3.05, 3.63) is 89.1 Å². The van der Waals surface area contributed by atoms with Gasteiger partial charge in [-0.1, -0.05) is 48.5 Å². The van der Waals surface area contributed by atoms with Crippen LogP contribution in [0.2, 0.25) is 0 Å². The summed E-state index contributed by atoms with van der Waals surface area (Å²) in [6, 6.07) is 22.1.